The quantitative estimate of drug-likeness (QED) is 0.618. The molecule has 0 aromatic heterocycles. The fourth-order valence-electron chi connectivity index (χ4n) is 1.71. The highest BCUT2D eigenvalue weighted by atomic mass is 16.5. The molecule has 0 heterocycles. The summed E-state index contributed by atoms with van der Waals surface area (Å²) in [5.41, 5.74) is 1.66. The first-order valence-corrected chi connectivity index (χ1v) is 6.14. The van der Waals surface area contributed by atoms with Crippen LogP contribution in [0.2, 0.25) is 0 Å². The van der Waals surface area contributed by atoms with E-state index in [4.69, 9.17) is 10.6 Å². The molecule has 0 radical (unpaired) electrons. The van der Waals surface area contributed by atoms with Crippen molar-refractivity contribution in [1.29, 1.82) is 0 Å². The molecule has 2 N–H and O–H groups in total. The van der Waals surface area contributed by atoms with Crippen LogP contribution in [-0.4, -0.2) is 12.5 Å². The van der Waals surface area contributed by atoms with Crippen LogP contribution in [0.25, 0.3) is 0 Å². The number of hydrazine groups is 1. The average Bonchev–Trinajstić information content (AvgIpc) is 2.46. The van der Waals surface area contributed by atoms with Gasteiger partial charge in [0, 0.05) is 0 Å². The molecule has 0 aliphatic rings. The summed E-state index contributed by atoms with van der Waals surface area (Å²) >= 11 is 0. The van der Waals surface area contributed by atoms with Gasteiger partial charge in [0.15, 0.2) is 0 Å². The molecular weight excluding hydrogens is 256 g/mol. The van der Waals surface area contributed by atoms with Crippen LogP contribution in [-0.2, 0) is 11.4 Å². The van der Waals surface area contributed by atoms with Crippen molar-refractivity contribution in [2.45, 2.75) is 6.61 Å². The largest absolute Gasteiger partial charge is 0.548 e. The van der Waals surface area contributed by atoms with Crippen LogP contribution in [0.4, 0.5) is 5.69 Å². The summed E-state index contributed by atoms with van der Waals surface area (Å²) in [5.74, 6) is 5.05. The Morgan fingerprint density at radius 3 is 2.35 bits per heavy atom. The second kappa shape index (κ2) is 6.58. The molecule has 0 spiro atoms. The van der Waals surface area contributed by atoms with Gasteiger partial charge in [-0.05, 0) is 29.8 Å². The van der Waals surface area contributed by atoms with Crippen molar-refractivity contribution < 1.29 is 14.6 Å². The van der Waals surface area contributed by atoms with E-state index in [2.05, 4.69) is 0 Å². The van der Waals surface area contributed by atoms with Crippen LogP contribution >= 0.6 is 0 Å². The van der Waals surface area contributed by atoms with Crippen LogP contribution in [0.5, 0.6) is 5.75 Å². The molecule has 20 heavy (non-hydrogen) atoms. The summed E-state index contributed by atoms with van der Waals surface area (Å²) in [7, 11) is 0. The van der Waals surface area contributed by atoms with Gasteiger partial charge in [0.2, 0.25) is 0 Å². The van der Waals surface area contributed by atoms with Crippen molar-refractivity contribution in [1.82, 2.24) is 0 Å². The number of hydrogen-bond donors (Lipinski definition) is 1. The van der Waals surface area contributed by atoms with Crippen molar-refractivity contribution in [3.63, 3.8) is 0 Å². The van der Waals surface area contributed by atoms with E-state index in [1.54, 1.807) is 24.3 Å². The molecule has 0 amide bonds. The molecule has 0 saturated heterocycles. The van der Waals surface area contributed by atoms with Crippen LogP contribution in [0.3, 0.4) is 0 Å². The number of carboxylic acid groups (broad SMARTS) is 1. The highest BCUT2D eigenvalue weighted by Gasteiger charge is 2.02. The third kappa shape index (κ3) is 4.00. The number of carboxylic acids is 1. The van der Waals surface area contributed by atoms with Gasteiger partial charge in [0.1, 0.15) is 12.4 Å². The number of rotatable bonds is 6. The van der Waals surface area contributed by atoms with E-state index in [1.807, 2.05) is 30.3 Å². The van der Waals surface area contributed by atoms with Crippen molar-refractivity contribution in [2.75, 3.05) is 11.6 Å². The first kappa shape index (κ1) is 13.9. The Kier molecular flexibility index (Phi) is 4.57. The topological polar surface area (TPSA) is 78.6 Å². The zero-order chi connectivity index (χ0) is 14.4. The number of carbonyl (C=O) groups excluding carboxylic acids is 1. The lowest BCUT2D eigenvalue weighted by Crippen LogP contribution is -2.42. The van der Waals surface area contributed by atoms with Gasteiger partial charge in [-0.2, -0.15) is 0 Å². The van der Waals surface area contributed by atoms with Gasteiger partial charge < -0.3 is 19.6 Å². The molecule has 5 nitrogen and oxygen atoms in total. The van der Waals surface area contributed by atoms with Crippen LogP contribution in [0.1, 0.15) is 5.56 Å². The Hall–Kier alpha value is -2.53. The third-order valence-electron chi connectivity index (χ3n) is 2.72. The molecule has 0 saturated carbocycles. The predicted octanol–water partition coefficient (Wildman–Crippen LogP) is 0.696. The lowest BCUT2D eigenvalue weighted by atomic mass is 10.2. The van der Waals surface area contributed by atoms with Gasteiger partial charge in [-0.25, -0.2) is 5.84 Å². The lowest BCUT2D eigenvalue weighted by molar-refractivity contribution is -0.303. The van der Waals surface area contributed by atoms with E-state index >= 15 is 0 Å². The summed E-state index contributed by atoms with van der Waals surface area (Å²) in [6.45, 7) is 0.121. The van der Waals surface area contributed by atoms with Crippen LogP contribution in [0, 0.1) is 0 Å². The second-order valence-electron chi connectivity index (χ2n) is 4.27. The molecule has 5 heteroatoms. The number of benzene rings is 2. The van der Waals surface area contributed by atoms with E-state index in [9.17, 15) is 9.90 Å². The van der Waals surface area contributed by atoms with Crippen molar-refractivity contribution >= 4 is 11.7 Å². The smallest absolute Gasteiger partial charge is 0.119 e. The Morgan fingerprint density at radius 2 is 1.75 bits per heavy atom. The molecule has 0 aliphatic heterocycles. The second-order valence-corrected chi connectivity index (χ2v) is 4.27. The number of aliphatic carboxylic acids is 1. The highest BCUT2D eigenvalue weighted by Crippen LogP contribution is 2.18. The van der Waals surface area contributed by atoms with E-state index in [1.165, 1.54) is 0 Å². The van der Waals surface area contributed by atoms with Gasteiger partial charge in [-0.1, -0.05) is 30.3 Å². The third-order valence-corrected chi connectivity index (χ3v) is 2.72. The Balaban J connectivity index is 1.93. The van der Waals surface area contributed by atoms with Crippen LogP contribution < -0.4 is 20.7 Å². The fourth-order valence-corrected chi connectivity index (χ4v) is 1.71. The minimum atomic E-state index is -1.23. The zero-order valence-electron chi connectivity index (χ0n) is 10.9. The van der Waals surface area contributed by atoms with Gasteiger partial charge in [0.05, 0.1) is 18.2 Å². The van der Waals surface area contributed by atoms with Crippen LogP contribution in [0.15, 0.2) is 54.6 Å². The Morgan fingerprint density at radius 1 is 1.10 bits per heavy atom. The maximum Gasteiger partial charge on any atom is 0.119 e. The number of carbonyl (C=O) groups is 1. The molecule has 104 valence electrons. The first-order valence-electron chi connectivity index (χ1n) is 6.14. The summed E-state index contributed by atoms with van der Waals surface area (Å²) in [5, 5.41) is 11.6. The molecule has 0 unspecified atom stereocenters. The number of anilines is 1. The minimum absolute atomic E-state index is 0.357. The molecule has 0 bridgehead atoms. The molecule has 0 atom stereocenters. The van der Waals surface area contributed by atoms with E-state index in [0.29, 0.717) is 18.0 Å². The molecule has 0 fully saturated rings. The maximum absolute atomic E-state index is 10.5. The predicted molar refractivity (Wildman–Crippen MR) is 73.8 cm³/mol. The monoisotopic (exact) mass is 271 g/mol. The van der Waals surface area contributed by atoms with Gasteiger partial charge in [-0.15, -0.1) is 0 Å². The SMILES string of the molecule is NN(CC(=O)[O-])c1ccc(OCc2ccccc2)cc1. The molecule has 2 aromatic rings. The van der Waals surface area contributed by atoms with Crippen molar-refractivity contribution in [3.8, 4) is 5.75 Å². The van der Waals surface area contributed by atoms with Gasteiger partial charge in [-0.3, -0.25) is 0 Å². The van der Waals surface area contributed by atoms with E-state index in [-0.39, 0.29) is 6.54 Å². The number of ether oxygens (including phenoxy) is 1. The number of hydrogen-bond acceptors (Lipinski definition) is 5. The normalized spacial score (nSPS) is 10.1. The summed E-state index contributed by atoms with van der Waals surface area (Å²) < 4.78 is 5.62. The molecular formula is C15H15N2O3-. The average molecular weight is 271 g/mol. The van der Waals surface area contributed by atoms with Gasteiger partial charge >= 0.3 is 0 Å². The van der Waals surface area contributed by atoms with Crippen molar-refractivity contribution in [2.24, 2.45) is 5.84 Å². The summed E-state index contributed by atoms with van der Waals surface area (Å²) in [6, 6.07) is 16.7. The standard InChI is InChI=1S/C15H16N2O3/c16-17(10-15(18)19)13-6-8-14(9-7-13)20-11-12-4-2-1-3-5-12/h1-9H,10-11,16H2,(H,18,19)/p-1. The minimum Gasteiger partial charge on any atom is -0.548 e. The summed E-state index contributed by atoms with van der Waals surface area (Å²) in [4.78, 5) is 10.5. The number of nitrogens with zero attached hydrogens (tertiary/aromatic N) is 1. The van der Waals surface area contributed by atoms with Crippen molar-refractivity contribution in [3.05, 3.63) is 60.2 Å². The van der Waals surface area contributed by atoms with Gasteiger partial charge in [0.25, 0.3) is 0 Å². The Bertz CT molecular complexity index is 555. The lowest BCUT2D eigenvalue weighted by Gasteiger charge is -2.19. The first-order chi connectivity index (χ1) is 9.65. The number of nitrogens with two attached hydrogens (primary N) is 1. The van der Waals surface area contributed by atoms with E-state index < -0.39 is 5.97 Å². The zero-order valence-corrected chi connectivity index (χ0v) is 10.9. The molecule has 2 aromatic carbocycles. The molecule has 0 aliphatic carbocycles. The summed E-state index contributed by atoms with van der Waals surface area (Å²) in [6.07, 6.45) is 0. The Labute approximate surface area is 117 Å². The van der Waals surface area contributed by atoms with E-state index in [0.717, 1.165) is 10.6 Å². The molecule has 2 rings (SSSR count). The fraction of sp³-hybridized carbons (Fsp3) is 0.133. The maximum atomic E-state index is 10.5. The highest BCUT2D eigenvalue weighted by molar-refractivity contribution is 5.71.